The van der Waals surface area contributed by atoms with Gasteiger partial charge in [-0.05, 0) is 48.6 Å². The lowest BCUT2D eigenvalue weighted by atomic mass is 9.88. The van der Waals surface area contributed by atoms with E-state index in [0.29, 0.717) is 11.7 Å². The molecule has 118 valence electrons. The van der Waals surface area contributed by atoms with Gasteiger partial charge >= 0.3 is 0 Å². The summed E-state index contributed by atoms with van der Waals surface area (Å²) in [6.07, 6.45) is 5.87. The number of nitrogen functional groups attached to an aromatic ring is 2. The molecule has 0 amide bonds. The van der Waals surface area contributed by atoms with Gasteiger partial charge in [-0.3, -0.25) is 5.10 Å². The third-order valence-electron chi connectivity index (χ3n) is 4.46. The Morgan fingerprint density at radius 1 is 1.17 bits per heavy atom. The van der Waals surface area contributed by atoms with Crippen LogP contribution in [0, 0.1) is 0 Å². The molecule has 1 fully saturated rings. The van der Waals surface area contributed by atoms with Crippen LogP contribution in [-0.2, 0) is 0 Å². The Balaban J connectivity index is 1.87. The van der Waals surface area contributed by atoms with Crippen molar-refractivity contribution in [2.75, 3.05) is 24.6 Å². The average Bonchev–Trinajstić information content (AvgIpc) is 3.03. The summed E-state index contributed by atoms with van der Waals surface area (Å²) < 4.78 is 0. The van der Waals surface area contributed by atoms with Gasteiger partial charge in [0, 0.05) is 23.7 Å². The lowest BCUT2D eigenvalue weighted by Crippen LogP contribution is -2.28. The fourth-order valence-electron chi connectivity index (χ4n) is 3.31. The summed E-state index contributed by atoms with van der Waals surface area (Å²) in [6, 6.07) is 4.23. The number of hydrogen-bond donors (Lipinski definition) is 4. The SMILES string of the molecule is Nc1ncc(-c2cc(C3CCCNC3)c3[nH]ncc3c2)c(N)n1. The van der Waals surface area contributed by atoms with E-state index in [4.69, 9.17) is 11.5 Å². The van der Waals surface area contributed by atoms with Crippen LogP contribution in [0.3, 0.4) is 0 Å². The second-order valence-electron chi connectivity index (χ2n) is 5.97. The van der Waals surface area contributed by atoms with E-state index in [2.05, 4.69) is 37.6 Å². The molecule has 23 heavy (non-hydrogen) atoms. The first-order chi connectivity index (χ1) is 11.2. The molecular weight excluding hydrogens is 290 g/mol. The van der Waals surface area contributed by atoms with Crippen molar-refractivity contribution >= 4 is 22.7 Å². The van der Waals surface area contributed by atoms with Crippen molar-refractivity contribution in [3.8, 4) is 11.1 Å². The van der Waals surface area contributed by atoms with Gasteiger partial charge in [-0.1, -0.05) is 0 Å². The molecule has 1 aliphatic rings. The highest BCUT2D eigenvalue weighted by molar-refractivity contribution is 5.89. The zero-order valence-corrected chi connectivity index (χ0v) is 12.7. The minimum atomic E-state index is 0.187. The van der Waals surface area contributed by atoms with E-state index in [1.807, 2.05) is 6.20 Å². The Morgan fingerprint density at radius 3 is 2.87 bits per heavy atom. The van der Waals surface area contributed by atoms with Crippen LogP contribution in [0.25, 0.3) is 22.0 Å². The zero-order valence-electron chi connectivity index (χ0n) is 12.7. The van der Waals surface area contributed by atoms with Crippen LogP contribution in [0.5, 0.6) is 0 Å². The molecule has 7 heteroatoms. The molecule has 2 aromatic heterocycles. The van der Waals surface area contributed by atoms with Gasteiger partial charge in [0.05, 0.1) is 11.7 Å². The Bertz CT molecular complexity index is 849. The first-order valence-electron chi connectivity index (χ1n) is 7.78. The summed E-state index contributed by atoms with van der Waals surface area (Å²) in [5, 5.41) is 11.9. The van der Waals surface area contributed by atoms with Crippen molar-refractivity contribution in [1.29, 1.82) is 0 Å². The number of anilines is 2. The first-order valence-corrected chi connectivity index (χ1v) is 7.78. The van der Waals surface area contributed by atoms with Gasteiger partial charge in [0.1, 0.15) is 5.82 Å². The molecule has 3 heterocycles. The quantitative estimate of drug-likeness (QED) is 0.571. The summed E-state index contributed by atoms with van der Waals surface area (Å²) in [5.74, 6) is 1.04. The molecule has 3 aromatic rings. The molecule has 0 saturated carbocycles. The average molecular weight is 309 g/mol. The maximum Gasteiger partial charge on any atom is 0.221 e. The highest BCUT2D eigenvalue weighted by Gasteiger charge is 2.20. The van der Waals surface area contributed by atoms with Gasteiger partial charge in [0.25, 0.3) is 0 Å². The van der Waals surface area contributed by atoms with Gasteiger partial charge in [-0.15, -0.1) is 0 Å². The number of hydrogen-bond acceptors (Lipinski definition) is 6. The van der Waals surface area contributed by atoms with Crippen LogP contribution in [0.2, 0.25) is 0 Å². The molecule has 7 nitrogen and oxygen atoms in total. The number of aromatic nitrogens is 4. The molecule has 4 rings (SSSR count). The van der Waals surface area contributed by atoms with E-state index in [-0.39, 0.29) is 5.95 Å². The topological polar surface area (TPSA) is 119 Å². The molecule has 0 aliphatic carbocycles. The minimum absolute atomic E-state index is 0.187. The Kier molecular flexibility index (Phi) is 3.34. The van der Waals surface area contributed by atoms with Crippen LogP contribution in [0.4, 0.5) is 11.8 Å². The molecule has 1 unspecified atom stereocenters. The third kappa shape index (κ3) is 2.49. The largest absolute Gasteiger partial charge is 0.383 e. The predicted molar refractivity (Wildman–Crippen MR) is 90.8 cm³/mol. The van der Waals surface area contributed by atoms with Crippen molar-refractivity contribution in [2.45, 2.75) is 18.8 Å². The Labute approximate surface area is 133 Å². The van der Waals surface area contributed by atoms with E-state index in [1.54, 1.807) is 6.20 Å². The number of H-pyrrole nitrogens is 1. The van der Waals surface area contributed by atoms with E-state index in [9.17, 15) is 0 Å². The molecule has 6 N–H and O–H groups in total. The van der Waals surface area contributed by atoms with E-state index >= 15 is 0 Å². The summed E-state index contributed by atoms with van der Waals surface area (Å²) in [4.78, 5) is 8.15. The maximum atomic E-state index is 6.03. The van der Waals surface area contributed by atoms with Gasteiger partial charge in [-0.2, -0.15) is 10.1 Å². The van der Waals surface area contributed by atoms with Crippen molar-refractivity contribution in [1.82, 2.24) is 25.5 Å². The maximum absolute atomic E-state index is 6.03. The van der Waals surface area contributed by atoms with Crippen LogP contribution < -0.4 is 16.8 Å². The first kappa shape index (κ1) is 14.0. The van der Waals surface area contributed by atoms with Gasteiger partial charge in [0.15, 0.2) is 0 Å². The van der Waals surface area contributed by atoms with Crippen LogP contribution in [-0.4, -0.2) is 33.3 Å². The summed E-state index contributed by atoms with van der Waals surface area (Å²) >= 11 is 0. The second kappa shape index (κ2) is 5.51. The summed E-state index contributed by atoms with van der Waals surface area (Å²) in [7, 11) is 0. The zero-order chi connectivity index (χ0) is 15.8. The molecule has 1 atom stereocenters. The molecule has 1 aliphatic heterocycles. The number of benzene rings is 1. The monoisotopic (exact) mass is 309 g/mol. The van der Waals surface area contributed by atoms with Crippen LogP contribution in [0.1, 0.15) is 24.3 Å². The van der Waals surface area contributed by atoms with Crippen molar-refractivity contribution < 1.29 is 0 Å². The van der Waals surface area contributed by atoms with Crippen LogP contribution in [0.15, 0.2) is 24.5 Å². The third-order valence-corrected chi connectivity index (χ3v) is 4.46. The lowest BCUT2D eigenvalue weighted by Gasteiger charge is -2.24. The smallest absolute Gasteiger partial charge is 0.221 e. The van der Waals surface area contributed by atoms with E-state index in [1.165, 1.54) is 12.0 Å². The normalized spacial score (nSPS) is 18.3. The highest BCUT2D eigenvalue weighted by atomic mass is 15.1. The molecule has 1 aromatic carbocycles. The Hall–Kier alpha value is -2.67. The van der Waals surface area contributed by atoms with Gasteiger partial charge in [0.2, 0.25) is 5.95 Å². The molecule has 0 bridgehead atoms. The van der Waals surface area contributed by atoms with Crippen molar-refractivity contribution in [3.63, 3.8) is 0 Å². The number of nitrogens with one attached hydrogen (secondary N) is 2. The molecular formula is C16H19N7. The second-order valence-corrected chi connectivity index (χ2v) is 5.97. The van der Waals surface area contributed by atoms with E-state index in [0.717, 1.165) is 41.5 Å². The molecule has 1 saturated heterocycles. The van der Waals surface area contributed by atoms with Crippen molar-refractivity contribution in [3.05, 3.63) is 30.1 Å². The highest BCUT2D eigenvalue weighted by Crippen LogP contribution is 2.34. The molecule has 0 spiro atoms. The number of nitrogens with zero attached hydrogens (tertiary/aromatic N) is 3. The van der Waals surface area contributed by atoms with Crippen LogP contribution >= 0.6 is 0 Å². The van der Waals surface area contributed by atoms with E-state index < -0.39 is 0 Å². The predicted octanol–water partition coefficient (Wildman–Crippen LogP) is 1.65. The minimum Gasteiger partial charge on any atom is -0.383 e. The number of rotatable bonds is 2. The van der Waals surface area contributed by atoms with Crippen molar-refractivity contribution in [2.24, 2.45) is 0 Å². The fraction of sp³-hybridized carbons (Fsp3) is 0.312. The standard InChI is InChI=1S/C16H19N7/c17-15-13(8-20-16(18)22-15)10-4-11-7-21-23-14(11)12(5-10)9-2-1-3-19-6-9/h4-5,7-9,19H,1-3,6H2,(H,21,23)(H4,17,18,20,22). The molecule has 0 radical (unpaired) electrons. The number of piperidine rings is 1. The number of nitrogens with two attached hydrogens (primary N) is 2. The number of fused-ring (bicyclic) bond motifs is 1. The number of aromatic amines is 1. The van der Waals surface area contributed by atoms with Gasteiger partial charge < -0.3 is 16.8 Å². The fourth-order valence-corrected chi connectivity index (χ4v) is 3.31. The summed E-state index contributed by atoms with van der Waals surface area (Å²) in [5.41, 5.74) is 15.8. The lowest BCUT2D eigenvalue weighted by molar-refractivity contribution is 0.463. The Morgan fingerprint density at radius 2 is 2.09 bits per heavy atom. The summed E-state index contributed by atoms with van der Waals surface area (Å²) in [6.45, 7) is 2.06. The van der Waals surface area contributed by atoms with Gasteiger partial charge in [-0.25, -0.2) is 4.98 Å².